The number of carbonyl (C=O) groups excluding carboxylic acids is 1. The molecule has 1 aromatic carbocycles. The van der Waals surface area contributed by atoms with E-state index in [9.17, 15) is 4.79 Å². The van der Waals surface area contributed by atoms with Crippen LogP contribution in [0.2, 0.25) is 9.73 Å². The molecule has 1 atom stereocenters. The van der Waals surface area contributed by atoms with Gasteiger partial charge in [-0.1, -0.05) is 0 Å². The van der Waals surface area contributed by atoms with Crippen LogP contribution in [0.3, 0.4) is 0 Å². The summed E-state index contributed by atoms with van der Waals surface area (Å²) in [5, 5.41) is 3.86. The minimum atomic E-state index is -0.369. The number of nitrogens with one attached hydrogen (secondary N) is 1. The number of benzene rings is 1. The Morgan fingerprint density at radius 2 is 2.11 bits per heavy atom. The molecule has 1 radical (unpaired) electrons. The number of carbonyl (C=O) groups is 1. The summed E-state index contributed by atoms with van der Waals surface area (Å²) < 4.78 is 0.987. The number of primary amides is 1. The van der Waals surface area contributed by atoms with Gasteiger partial charge in [-0.3, -0.25) is 0 Å². The molecule has 0 saturated heterocycles. The zero-order chi connectivity index (χ0) is 20.1. The second kappa shape index (κ2) is 9.73. The van der Waals surface area contributed by atoms with E-state index in [1.54, 1.807) is 6.20 Å². The molecule has 1 amide bonds. The molecule has 149 valence electrons. The van der Waals surface area contributed by atoms with E-state index in [1.165, 1.54) is 11.1 Å². The van der Waals surface area contributed by atoms with Crippen LogP contribution in [-0.4, -0.2) is 56.2 Å². The van der Waals surface area contributed by atoms with Crippen LogP contribution in [0, 0.1) is 0 Å². The zero-order valence-corrected chi connectivity index (χ0v) is 18.9. The van der Waals surface area contributed by atoms with Gasteiger partial charge in [-0.05, 0) is 0 Å². The van der Waals surface area contributed by atoms with Crippen LogP contribution >= 0.6 is 11.6 Å². The first kappa shape index (κ1) is 21.1. The molecule has 0 spiro atoms. The number of rotatable bonds is 7. The molecule has 2 heterocycles. The maximum atomic E-state index is 11.1. The molecule has 1 aliphatic rings. The summed E-state index contributed by atoms with van der Waals surface area (Å²) in [6.45, 7) is 7.52. The van der Waals surface area contributed by atoms with E-state index in [2.05, 4.69) is 45.3 Å². The predicted molar refractivity (Wildman–Crippen MR) is 115 cm³/mol. The number of fused-ring (bicyclic) bond motifs is 1. The number of hydrogen-bond donors (Lipinski definition) is 2. The Hall–Kier alpha value is -1.62. The number of hydrogen-bond acceptors (Lipinski definition) is 5. The van der Waals surface area contributed by atoms with Crippen LogP contribution in [0.25, 0.3) is 0 Å². The summed E-state index contributed by atoms with van der Waals surface area (Å²) in [4.78, 5) is 22.5. The average molecular weight is 463 g/mol. The van der Waals surface area contributed by atoms with Gasteiger partial charge < -0.3 is 0 Å². The van der Waals surface area contributed by atoms with Gasteiger partial charge in [-0.2, -0.15) is 0 Å². The van der Waals surface area contributed by atoms with Gasteiger partial charge in [0.1, 0.15) is 0 Å². The molecule has 2 aromatic rings. The van der Waals surface area contributed by atoms with Crippen molar-refractivity contribution in [3.8, 4) is 0 Å². The second-order valence-electron chi connectivity index (χ2n) is 7.06. The molecule has 0 bridgehead atoms. The average Bonchev–Trinajstić information content (AvgIpc) is 2.85. The first-order chi connectivity index (χ1) is 13.4. The Morgan fingerprint density at radius 1 is 1.36 bits per heavy atom. The molecule has 0 saturated carbocycles. The molecule has 3 rings (SSSR count). The quantitative estimate of drug-likeness (QED) is 0.617. The first-order valence-corrected chi connectivity index (χ1v) is 12.0. The minimum absolute atomic E-state index is 0.169. The third kappa shape index (κ3) is 5.69. The van der Waals surface area contributed by atoms with Gasteiger partial charge in [0.15, 0.2) is 0 Å². The number of halogens is 1. The molecular weight excluding hydrogens is 437 g/mol. The summed E-state index contributed by atoms with van der Waals surface area (Å²) in [5.41, 5.74) is 9.09. The van der Waals surface area contributed by atoms with E-state index in [4.69, 9.17) is 17.3 Å². The number of likely N-dealkylation sites (N-methyl/N-ethyl adjacent to an activating group) is 1. The van der Waals surface area contributed by atoms with Gasteiger partial charge in [0, 0.05) is 0 Å². The Bertz CT molecular complexity index is 847. The van der Waals surface area contributed by atoms with Crippen molar-refractivity contribution in [2.24, 2.45) is 5.73 Å². The molecule has 6 nitrogen and oxygen atoms in total. The van der Waals surface area contributed by atoms with E-state index in [1.807, 2.05) is 6.92 Å². The molecule has 0 fully saturated rings. The SMILES string of the molecule is CCN1CCc2ccc(Nc3ncc(Cl)c([As]C(C)CC(N)=O)n3)cc2CC1. The molecule has 1 unspecified atom stereocenters. The summed E-state index contributed by atoms with van der Waals surface area (Å²) >= 11 is 5.90. The molecule has 28 heavy (non-hydrogen) atoms. The van der Waals surface area contributed by atoms with Crippen molar-refractivity contribution in [1.29, 1.82) is 0 Å². The van der Waals surface area contributed by atoms with Gasteiger partial charge in [0.25, 0.3) is 0 Å². The van der Waals surface area contributed by atoms with E-state index >= 15 is 0 Å². The fourth-order valence-electron chi connectivity index (χ4n) is 3.35. The molecular formula is C20H26AsClN5O. The Balaban J connectivity index is 1.73. The summed E-state index contributed by atoms with van der Waals surface area (Å²) in [5.74, 6) is 0.239. The van der Waals surface area contributed by atoms with E-state index in [-0.39, 0.29) is 26.4 Å². The van der Waals surface area contributed by atoms with Crippen LogP contribution < -0.4 is 15.5 Å². The van der Waals surface area contributed by atoms with Crippen molar-refractivity contribution in [1.82, 2.24) is 14.9 Å². The van der Waals surface area contributed by atoms with Crippen molar-refractivity contribution in [3.63, 3.8) is 0 Å². The summed E-state index contributed by atoms with van der Waals surface area (Å²) in [6.07, 6.45) is 4.12. The van der Waals surface area contributed by atoms with Crippen molar-refractivity contribution >= 4 is 49.4 Å². The van der Waals surface area contributed by atoms with Crippen LogP contribution in [0.4, 0.5) is 11.6 Å². The third-order valence-corrected chi connectivity index (χ3v) is 7.97. The van der Waals surface area contributed by atoms with Crippen molar-refractivity contribution in [2.75, 3.05) is 25.0 Å². The Morgan fingerprint density at radius 3 is 2.82 bits per heavy atom. The normalized spacial score (nSPS) is 16.0. The van der Waals surface area contributed by atoms with Crippen molar-refractivity contribution < 1.29 is 4.79 Å². The van der Waals surface area contributed by atoms with Gasteiger partial charge in [-0.25, -0.2) is 0 Å². The van der Waals surface area contributed by atoms with E-state index in [0.717, 1.165) is 42.6 Å². The van der Waals surface area contributed by atoms with Gasteiger partial charge >= 0.3 is 178 Å². The maximum absolute atomic E-state index is 11.1. The van der Waals surface area contributed by atoms with Gasteiger partial charge in [0.2, 0.25) is 0 Å². The van der Waals surface area contributed by atoms with Crippen molar-refractivity contribution in [2.45, 2.75) is 37.8 Å². The monoisotopic (exact) mass is 462 g/mol. The Kier molecular flexibility index (Phi) is 7.33. The second-order valence-corrected chi connectivity index (χ2v) is 10.7. The van der Waals surface area contributed by atoms with E-state index in [0.29, 0.717) is 17.4 Å². The summed E-state index contributed by atoms with van der Waals surface area (Å²) in [6, 6.07) is 6.49. The van der Waals surface area contributed by atoms with Gasteiger partial charge in [0.05, 0.1) is 0 Å². The number of nitrogens with zero attached hydrogens (tertiary/aromatic N) is 3. The molecule has 1 aromatic heterocycles. The van der Waals surface area contributed by atoms with Crippen LogP contribution in [0.5, 0.6) is 0 Å². The molecule has 1 aliphatic heterocycles. The summed E-state index contributed by atoms with van der Waals surface area (Å²) in [7, 11) is 0. The number of anilines is 2. The fourth-order valence-corrected chi connectivity index (χ4v) is 5.84. The first-order valence-electron chi connectivity index (χ1n) is 9.57. The van der Waals surface area contributed by atoms with Gasteiger partial charge in [-0.15, -0.1) is 0 Å². The number of aromatic nitrogens is 2. The van der Waals surface area contributed by atoms with Crippen LogP contribution in [0.1, 0.15) is 31.4 Å². The van der Waals surface area contributed by atoms with E-state index < -0.39 is 0 Å². The molecule has 8 heteroatoms. The molecule has 3 N–H and O–H groups in total. The predicted octanol–water partition coefficient (Wildman–Crippen LogP) is 2.31. The van der Waals surface area contributed by atoms with Crippen molar-refractivity contribution in [3.05, 3.63) is 40.5 Å². The van der Waals surface area contributed by atoms with Crippen LogP contribution in [0.15, 0.2) is 24.4 Å². The third-order valence-electron chi connectivity index (χ3n) is 4.87. The standard InChI is InChI=1S/C20H26AsClN5O/c1-3-27-8-6-14-4-5-16(11-15(14)7-9-27)25-20-24-12-17(22)19(26-20)21-13(2)10-18(23)28/h4-5,11-13H,3,6-10H2,1-2H3,(H2,23,28)(H,24,25,26). The Labute approximate surface area is 177 Å². The van der Waals surface area contributed by atoms with Crippen LogP contribution in [-0.2, 0) is 17.6 Å². The number of amides is 1. The zero-order valence-electron chi connectivity index (χ0n) is 16.3. The topological polar surface area (TPSA) is 84.1 Å². The molecule has 0 aliphatic carbocycles. The number of nitrogens with two attached hydrogens (primary N) is 1. The fraction of sp³-hybridized carbons (Fsp3) is 0.450.